The molecule has 2 aliphatic rings. The van der Waals surface area contributed by atoms with Crippen LogP contribution in [0.15, 0.2) is 47.4 Å². The third kappa shape index (κ3) is 7.34. The van der Waals surface area contributed by atoms with Crippen molar-refractivity contribution in [2.75, 3.05) is 37.3 Å². The number of likely N-dealkylation sites (tertiary alicyclic amines) is 1. The van der Waals surface area contributed by atoms with Crippen molar-refractivity contribution in [2.24, 2.45) is 5.92 Å². The van der Waals surface area contributed by atoms with Crippen LogP contribution in [-0.4, -0.2) is 62.9 Å². The number of sulfone groups is 1. The van der Waals surface area contributed by atoms with Gasteiger partial charge < -0.3 is 20.1 Å². The zero-order valence-corrected chi connectivity index (χ0v) is 22.8. The minimum atomic E-state index is -3.41. The molecule has 36 heavy (non-hydrogen) atoms. The van der Waals surface area contributed by atoms with E-state index in [1.165, 1.54) is 0 Å². The molecule has 3 N–H and O–H groups in total. The number of anilines is 1. The Bertz CT molecular complexity index is 1110. The summed E-state index contributed by atoms with van der Waals surface area (Å²) >= 11 is 12.4. The molecule has 0 aliphatic carbocycles. The topological polar surface area (TPSA) is 90.9 Å². The normalized spacial score (nSPS) is 22.9. The maximum Gasteiger partial charge on any atom is 0.181 e. The van der Waals surface area contributed by atoms with Crippen LogP contribution in [0.2, 0.25) is 10.0 Å². The first kappa shape index (κ1) is 27.6. The SMILES string of the molecule is CC(NC(O)Nc1ccc(S(=O)(=O)CC2CCCN(CC3CCCO3)C2)cc1)c1cccc(Cl)c1Cl. The van der Waals surface area contributed by atoms with Crippen LogP contribution < -0.4 is 10.6 Å². The summed E-state index contributed by atoms with van der Waals surface area (Å²) in [5, 5.41) is 17.3. The molecule has 198 valence electrons. The molecule has 4 unspecified atom stereocenters. The van der Waals surface area contributed by atoms with Gasteiger partial charge in [0.1, 0.15) is 0 Å². The molecule has 10 heteroatoms. The number of aliphatic hydroxyl groups is 1. The van der Waals surface area contributed by atoms with Gasteiger partial charge in [0.15, 0.2) is 16.2 Å². The van der Waals surface area contributed by atoms with Gasteiger partial charge in [0, 0.05) is 31.4 Å². The Labute approximate surface area is 224 Å². The fraction of sp³-hybridized carbons (Fsp3) is 0.538. The van der Waals surface area contributed by atoms with Gasteiger partial charge in [-0.15, -0.1) is 0 Å². The maximum atomic E-state index is 13.1. The molecule has 0 saturated carbocycles. The number of halogens is 2. The van der Waals surface area contributed by atoms with Gasteiger partial charge in [-0.25, -0.2) is 8.42 Å². The van der Waals surface area contributed by atoms with E-state index in [0.717, 1.165) is 57.5 Å². The lowest BCUT2D eigenvalue weighted by Gasteiger charge is -2.33. The molecule has 2 fully saturated rings. The second-order valence-electron chi connectivity index (χ2n) is 9.79. The largest absolute Gasteiger partial charge is 0.377 e. The average Bonchev–Trinajstić information content (AvgIpc) is 3.34. The molecule has 7 nitrogen and oxygen atoms in total. The molecule has 0 amide bonds. The zero-order valence-electron chi connectivity index (χ0n) is 20.5. The second-order valence-corrected chi connectivity index (χ2v) is 12.6. The van der Waals surface area contributed by atoms with Crippen molar-refractivity contribution in [1.29, 1.82) is 0 Å². The highest BCUT2D eigenvalue weighted by Gasteiger charge is 2.28. The first-order valence-corrected chi connectivity index (χ1v) is 14.9. The van der Waals surface area contributed by atoms with E-state index in [1.807, 2.05) is 13.0 Å². The van der Waals surface area contributed by atoms with E-state index in [9.17, 15) is 13.5 Å². The van der Waals surface area contributed by atoms with E-state index < -0.39 is 16.2 Å². The third-order valence-electron chi connectivity index (χ3n) is 6.92. The lowest BCUT2D eigenvalue weighted by Crippen LogP contribution is -2.41. The Hall–Kier alpha value is -1.39. The molecule has 2 aliphatic heterocycles. The molecule has 4 rings (SSSR count). The Kier molecular flexibility index (Phi) is 9.55. The minimum absolute atomic E-state index is 0.119. The first-order valence-electron chi connectivity index (χ1n) is 12.5. The number of ether oxygens (including phenoxy) is 1. The van der Waals surface area contributed by atoms with E-state index in [-0.39, 0.29) is 23.8 Å². The van der Waals surface area contributed by atoms with Crippen LogP contribution in [0.25, 0.3) is 0 Å². The summed E-state index contributed by atoms with van der Waals surface area (Å²) in [7, 11) is -3.41. The van der Waals surface area contributed by atoms with Crippen LogP contribution in [-0.2, 0) is 14.6 Å². The van der Waals surface area contributed by atoms with Crippen molar-refractivity contribution in [3.63, 3.8) is 0 Å². The highest BCUT2D eigenvalue weighted by Crippen LogP contribution is 2.30. The average molecular weight is 557 g/mol. The van der Waals surface area contributed by atoms with Crippen molar-refractivity contribution >= 4 is 38.7 Å². The molecule has 0 spiro atoms. The fourth-order valence-corrected chi connectivity index (χ4v) is 7.18. The van der Waals surface area contributed by atoms with Gasteiger partial charge in [0.25, 0.3) is 0 Å². The highest BCUT2D eigenvalue weighted by molar-refractivity contribution is 7.91. The van der Waals surface area contributed by atoms with Gasteiger partial charge in [-0.2, -0.15) is 0 Å². The summed E-state index contributed by atoms with van der Waals surface area (Å²) in [5.41, 5.74) is 1.36. The van der Waals surface area contributed by atoms with E-state index in [0.29, 0.717) is 20.6 Å². The van der Waals surface area contributed by atoms with Crippen molar-refractivity contribution in [1.82, 2.24) is 10.2 Å². The molecule has 4 atom stereocenters. The Balaban J connectivity index is 1.30. The van der Waals surface area contributed by atoms with Gasteiger partial charge in [0.05, 0.1) is 26.8 Å². The van der Waals surface area contributed by atoms with Crippen LogP contribution in [0, 0.1) is 5.92 Å². The maximum absolute atomic E-state index is 13.1. The number of hydrogen-bond donors (Lipinski definition) is 3. The monoisotopic (exact) mass is 555 g/mol. The van der Waals surface area contributed by atoms with Gasteiger partial charge in [0.2, 0.25) is 0 Å². The lowest BCUT2D eigenvalue weighted by atomic mass is 9.99. The highest BCUT2D eigenvalue weighted by atomic mass is 35.5. The number of piperidine rings is 1. The Morgan fingerprint density at radius 1 is 1.14 bits per heavy atom. The smallest absolute Gasteiger partial charge is 0.181 e. The predicted molar refractivity (Wildman–Crippen MR) is 144 cm³/mol. The number of rotatable bonds is 10. The summed E-state index contributed by atoms with van der Waals surface area (Å²) < 4.78 is 32.0. The van der Waals surface area contributed by atoms with Crippen LogP contribution in [0.4, 0.5) is 5.69 Å². The van der Waals surface area contributed by atoms with E-state index in [2.05, 4.69) is 15.5 Å². The summed E-state index contributed by atoms with van der Waals surface area (Å²) in [6, 6.07) is 11.6. The van der Waals surface area contributed by atoms with Crippen molar-refractivity contribution in [3.8, 4) is 0 Å². The minimum Gasteiger partial charge on any atom is -0.377 e. The molecule has 2 saturated heterocycles. The molecular formula is C26H35Cl2N3O4S. The number of nitrogens with one attached hydrogen (secondary N) is 2. The summed E-state index contributed by atoms with van der Waals surface area (Å²) in [4.78, 5) is 2.66. The van der Waals surface area contributed by atoms with Gasteiger partial charge in [-0.05, 0) is 81.0 Å². The molecule has 2 aromatic rings. The van der Waals surface area contributed by atoms with Crippen LogP contribution in [0.5, 0.6) is 0 Å². The number of benzene rings is 2. The van der Waals surface area contributed by atoms with E-state index in [1.54, 1.807) is 36.4 Å². The standard InChI is InChI=1S/C26H35Cl2N3O4S/c1-18(23-7-2-8-24(27)25(23)28)29-26(32)30-20-9-11-22(12-10-20)36(33,34)17-19-5-3-13-31(15-19)16-21-6-4-14-35-21/h2,7-12,18-19,21,26,29-30,32H,3-6,13-17H2,1H3. The summed E-state index contributed by atoms with van der Waals surface area (Å²) in [6.45, 7) is 5.41. The lowest BCUT2D eigenvalue weighted by molar-refractivity contribution is 0.0588. The number of hydrogen-bond acceptors (Lipinski definition) is 7. The molecule has 2 heterocycles. The Morgan fingerprint density at radius 3 is 2.64 bits per heavy atom. The molecule has 0 bridgehead atoms. The molecular weight excluding hydrogens is 521 g/mol. The van der Waals surface area contributed by atoms with E-state index >= 15 is 0 Å². The zero-order chi connectivity index (χ0) is 25.7. The van der Waals surface area contributed by atoms with Gasteiger partial charge >= 0.3 is 0 Å². The van der Waals surface area contributed by atoms with Crippen LogP contribution in [0.1, 0.15) is 44.2 Å². The molecule has 0 aromatic heterocycles. The Morgan fingerprint density at radius 2 is 1.92 bits per heavy atom. The third-order valence-corrected chi connectivity index (χ3v) is 9.65. The predicted octanol–water partition coefficient (Wildman–Crippen LogP) is 4.70. The van der Waals surface area contributed by atoms with Crippen molar-refractivity contribution < 1.29 is 18.3 Å². The van der Waals surface area contributed by atoms with E-state index in [4.69, 9.17) is 27.9 Å². The van der Waals surface area contributed by atoms with Gasteiger partial charge in [-0.3, -0.25) is 5.32 Å². The van der Waals surface area contributed by atoms with Crippen molar-refractivity contribution in [2.45, 2.75) is 56.0 Å². The quantitative estimate of drug-likeness (QED) is 0.366. The number of nitrogens with zero attached hydrogens (tertiary/aromatic N) is 1. The van der Waals surface area contributed by atoms with Crippen molar-refractivity contribution in [3.05, 3.63) is 58.1 Å². The van der Waals surface area contributed by atoms with Gasteiger partial charge in [-0.1, -0.05) is 35.3 Å². The number of aliphatic hydroxyl groups excluding tert-OH is 1. The summed E-state index contributed by atoms with van der Waals surface area (Å²) in [5.74, 6) is 0.262. The fourth-order valence-electron chi connectivity index (χ4n) is 5.08. The first-order chi connectivity index (χ1) is 17.2. The summed E-state index contributed by atoms with van der Waals surface area (Å²) in [6.07, 6.45) is 3.36. The van der Waals surface area contributed by atoms with Crippen LogP contribution >= 0.6 is 23.2 Å². The second kappa shape index (κ2) is 12.4. The van der Waals surface area contributed by atoms with Crippen LogP contribution in [0.3, 0.4) is 0 Å². The molecule has 0 radical (unpaired) electrons. The molecule has 2 aromatic carbocycles.